The van der Waals surface area contributed by atoms with Crippen LogP contribution in [-0.4, -0.2) is 55.1 Å². The van der Waals surface area contributed by atoms with Gasteiger partial charge in [0, 0.05) is 38.2 Å². The molecule has 22 heavy (non-hydrogen) atoms. The average Bonchev–Trinajstić information content (AvgIpc) is 3.00. The quantitative estimate of drug-likeness (QED) is 0.843. The molecular weight excluding hydrogens is 300 g/mol. The molecule has 0 radical (unpaired) electrons. The molecule has 3 rings (SSSR count). The monoisotopic (exact) mass is 324 g/mol. The predicted molar refractivity (Wildman–Crippen MR) is 86.6 cm³/mol. The van der Waals surface area contributed by atoms with E-state index in [-0.39, 0.29) is 5.92 Å². The number of hydrogen-bond donors (Lipinski definition) is 0. The highest BCUT2D eigenvalue weighted by Gasteiger charge is 2.28. The summed E-state index contributed by atoms with van der Waals surface area (Å²) in [4.78, 5) is 11.4. The first kappa shape index (κ1) is 15.7. The highest BCUT2D eigenvalue weighted by molar-refractivity contribution is 7.88. The molecule has 2 aliphatic heterocycles. The Morgan fingerprint density at radius 1 is 1.14 bits per heavy atom. The minimum Gasteiger partial charge on any atom is -0.357 e. The fourth-order valence-corrected chi connectivity index (χ4v) is 4.29. The molecule has 1 aromatic heterocycles. The first-order valence-electron chi connectivity index (χ1n) is 7.99. The third kappa shape index (κ3) is 3.41. The van der Waals surface area contributed by atoms with Gasteiger partial charge in [0.05, 0.1) is 11.9 Å². The number of sulfonamides is 1. The molecule has 6 nitrogen and oxygen atoms in total. The first-order valence-corrected chi connectivity index (χ1v) is 9.84. The van der Waals surface area contributed by atoms with Gasteiger partial charge < -0.3 is 4.90 Å². The van der Waals surface area contributed by atoms with Crippen LogP contribution in [0.25, 0.3) is 0 Å². The van der Waals surface area contributed by atoms with Crippen molar-refractivity contribution in [3.8, 4) is 0 Å². The van der Waals surface area contributed by atoms with Crippen LogP contribution in [0.2, 0.25) is 0 Å². The Hall–Kier alpha value is -1.21. The van der Waals surface area contributed by atoms with Crippen LogP contribution in [0.3, 0.4) is 0 Å². The van der Waals surface area contributed by atoms with Gasteiger partial charge in [-0.05, 0) is 32.6 Å². The largest absolute Gasteiger partial charge is 0.357 e. The highest BCUT2D eigenvalue weighted by Crippen LogP contribution is 2.29. The molecule has 2 saturated heterocycles. The Balaban J connectivity index is 1.84. The summed E-state index contributed by atoms with van der Waals surface area (Å²) in [6.07, 6.45) is 5.59. The number of hydrogen-bond acceptors (Lipinski definition) is 5. The molecular formula is C15H24N4O2S. The fourth-order valence-electron chi connectivity index (χ4n) is 3.38. The highest BCUT2D eigenvalue weighted by atomic mass is 32.2. The number of aromatic nitrogens is 2. The second-order valence-electron chi connectivity index (χ2n) is 6.35. The van der Waals surface area contributed by atoms with Crippen LogP contribution in [0.1, 0.15) is 43.1 Å². The minimum absolute atomic E-state index is 0.173. The second kappa shape index (κ2) is 6.12. The van der Waals surface area contributed by atoms with Crippen molar-refractivity contribution in [2.24, 2.45) is 0 Å². The summed E-state index contributed by atoms with van der Waals surface area (Å²) in [7, 11) is -3.12. The van der Waals surface area contributed by atoms with Crippen molar-refractivity contribution in [2.75, 3.05) is 37.3 Å². The van der Waals surface area contributed by atoms with E-state index in [0.717, 1.165) is 43.3 Å². The Morgan fingerprint density at radius 2 is 1.86 bits per heavy atom. The zero-order valence-corrected chi connectivity index (χ0v) is 14.1. The van der Waals surface area contributed by atoms with Crippen LogP contribution in [0.5, 0.6) is 0 Å². The SMILES string of the molecule is Cc1nc([C@H]2CCCN(S(C)(=O)=O)C2)cc(N2CCCC2)n1. The van der Waals surface area contributed by atoms with Crippen molar-refractivity contribution in [1.29, 1.82) is 0 Å². The molecule has 0 N–H and O–H groups in total. The summed E-state index contributed by atoms with van der Waals surface area (Å²) in [5.74, 6) is 1.94. The third-order valence-electron chi connectivity index (χ3n) is 4.55. The summed E-state index contributed by atoms with van der Waals surface area (Å²) < 4.78 is 25.2. The lowest BCUT2D eigenvalue weighted by Gasteiger charge is -2.31. The summed E-state index contributed by atoms with van der Waals surface area (Å²) >= 11 is 0. The Bertz CT molecular complexity index is 641. The van der Waals surface area contributed by atoms with E-state index in [1.807, 2.05) is 6.92 Å². The zero-order chi connectivity index (χ0) is 15.7. The van der Waals surface area contributed by atoms with Crippen LogP contribution in [0.15, 0.2) is 6.07 Å². The third-order valence-corrected chi connectivity index (χ3v) is 5.82. The number of rotatable bonds is 3. The van der Waals surface area contributed by atoms with Gasteiger partial charge in [-0.1, -0.05) is 0 Å². The van der Waals surface area contributed by atoms with Crippen molar-refractivity contribution in [3.05, 3.63) is 17.6 Å². The van der Waals surface area contributed by atoms with Crippen LogP contribution >= 0.6 is 0 Å². The molecule has 2 fully saturated rings. The maximum Gasteiger partial charge on any atom is 0.211 e. The predicted octanol–water partition coefficient (Wildman–Crippen LogP) is 1.52. The van der Waals surface area contributed by atoms with E-state index in [0.29, 0.717) is 13.1 Å². The summed E-state index contributed by atoms with van der Waals surface area (Å²) in [5, 5.41) is 0. The number of piperidine rings is 1. The van der Waals surface area contributed by atoms with Crippen molar-refractivity contribution in [3.63, 3.8) is 0 Å². The van der Waals surface area contributed by atoms with Gasteiger partial charge in [0.15, 0.2) is 0 Å². The van der Waals surface area contributed by atoms with Crippen molar-refractivity contribution < 1.29 is 8.42 Å². The van der Waals surface area contributed by atoms with E-state index in [1.165, 1.54) is 19.1 Å². The standard InChI is InChI=1S/C15H24N4O2S/c1-12-16-14(10-15(17-12)18-7-3-4-8-18)13-6-5-9-19(11-13)22(2,20)21/h10,13H,3-9,11H2,1-2H3/t13-/m0/s1. The van der Waals surface area contributed by atoms with Gasteiger partial charge >= 0.3 is 0 Å². The molecule has 1 atom stereocenters. The minimum atomic E-state index is -3.12. The molecule has 0 aromatic carbocycles. The van der Waals surface area contributed by atoms with Gasteiger partial charge in [-0.3, -0.25) is 0 Å². The van der Waals surface area contributed by atoms with Crippen LogP contribution in [-0.2, 0) is 10.0 Å². The van der Waals surface area contributed by atoms with E-state index >= 15 is 0 Å². The number of aryl methyl sites for hydroxylation is 1. The normalized spacial score (nSPS) is 23.9. The lowest BCUT2D eigenvalue weighted by Crippen LogP contribution is -2.38. The Morgan fingerprint density at radius 3 is 2.55 bits per heavy atom. The summed E-state index contributed by atoms with van der Waals surface area (Å²) in [6, 6.07) is 2.06. The summed E-state index contributed by atoms with van der Waals surface area (Å²) in [6.45, 7) is 5.18. The van der Waals surface area contributed by atoms with E-state index in [9.17, 15) is 8.42 Å². The van der Waals surface area contributed by atoms with E-state index in [1.54, 1.807) is 4.31 Å². The maximum atomic E-state index is 11.8. The Labute approximate surface area is 132 Å². The van der Waals surface area contributed by atoms with Crippen molar-refractivity contribution in [2.45, 2.75) is 38.5 Å². The summed E-state index contributed by atoms with van der Waals surface area (Å²) in [5.41, 5.74) is 0.989. The maximum absolute atomic E-state index is 11.8. The van der Waals surface area contributed by atoms with Gasteiger partial charge in [-0.2, -0.15) is 0 Å². The molecule has 0 aliphatic carbocycles. The molecule has 0 amide bonds. The molecule has 0 saturated carbocycles. The van der Waals surface area contributed by atoms with Gasteiger partial charge in [0.25, 0.3) is 0 Å². The zero-order valence-electron chi connectivity index (χ0n) is 13.3. The molecule has 122 valence electrons. The van der Waals surface area contributed by atoms with Crippen molar-refractivity contribution >= 4 is 15.8 Å². The van der Waals surface area contributed by atoms with Gasteiger partial charge in [0.1, 0.15) is 11.6 Å². The smallest absolute Gasteiger partial charge is 0.211 e. The molecule has 1 aromatic rings. The van der Waals surface area contributed by atoms with E-state index in [4.69, 9.17) is 0 Å². The van der Waals surface area contributed by atoms with Crippen LogP contribution in [0.4, 0.5) is 5.82 Å². The molecule has 7 heteroatoms. The number of anilines is 1. The van der Waals surface area contributed by atoms with E-state index in [2.05, 4.69) is 20.9 Å². The molecule has 2 aliphatic rings. The van der Waals surface area contributed by atoms with E-state index < -0.39 is 10.0 Å². The van der Waals surface area contributed by atoms with Gasteiger partial charge in [-0.25, -0.2) is 22.7 Å². The molecule has 0 unspecified atom stereocenters. The lowest BCUT2D eigenvalue weighted by molar-refractivity contribution is 0.314. The van der Waals surface area contributed by atoms with Gasteiger partial charge in [0.2, 0.25) is 10.0 Å². The lowest BCUT2D eigenvalue weighted by atomic mass is 9.96. The topological polar surface area (TPSA) is 66.4 Å². The van der Waals surface area contributed by atoms with Crippen molar-refractivity contribution in [1.82, 2.24) is 14.3 Å². The molecule has 0 spiro atoms. The average molecular weight is 324 g/mol. The fraction of sp³-hybridized carbons (Fsp3) is 0.733. The van der Waals surface area contributed by atoms with Crippen LogP contribution in [0, 0.1) is 6.92 Å². The first-order chi connectivity index (χ1) is 10.4. The van der Waals surface area contributed by atoms with Gasteiger partial charge in [-0.15, -0.1) is 0 Å². The van der Waals surface area contributed by atoms with Crippen LogP contribution < -0.4 is 4.90 Å². The molecule has 0 bridgehead atoms. The molecule has 3 heterocycles. The number of nitrogens with zero attached hydrogens (tertiary/aromatic N) is 4. The Kier molecular flexibility index (Phi) is 4.36. The second-order valence-corrected chi connectivity index (χ2v) is 8.33.